The molecule has 2 aromatic carbocycles. The first-order valence-corrected chi connectivity index (χ1v) is 7.87. The van der Waals surface area contributed by atoms with Gasteiger partial charge in [-0.3, -0.25) is 4.79 Å². The number of anilines is 1. The van der Waals surface area contributed by atoms with Gasteiger partial charge in [-0.25, -0.2) is 0 Å². The molecule has 0 aliphatic carbocycles. The molecule has 0 aromatic heterocycles. The van der Waals surface area contributed by atoms with E-state index in [1.165, 1.54) is 0 Å². The van der Waals surface area contributed by atoms with E-state index in [4.69, 9.17) is 32.7 Å². The zero-order valence-electron chi connectivity index (χ0n) is 13.5. The van der Waals surface area contributed by atoms with Gasteiger partial charge in [-0.15, -0.1) is 0 Å². The first-order chi connectivity index (χ1) is 11.5. The molecule has 2 aromatic rings. The second-order valence-corrected chi connectivity index (χ2v) is 5.81. The lowest BCUT2D eigenvalue weighted by Gasteiger charge is -2.10. The summed E-state index contributed by atoms with van der Waals surface area (Å²) in [6.07, 6.45) is 1.74. The molecule has 0 unspecified atom stereocenters. The highest BCUT2D eigenvalue weighted by atomic mass is 35.5. The van der Waals surface area contributed by atoms with Crippen molar-refractivity contribution in [3.05, 3.63) is 57.6 Å². The molecule has 2 rings (SSSR count). The van der Waals surface area contributed by atoms with Crippen LogP contribution in [0, 0.1) is 0 Å². The van der Waals surface area contributed by atoms with Gasteiger partial charge in [0.1, 0.15) is 0 Å². The minimum atomic E-state index is -0.292. The van der Waals surface area contributed by atoms with Crippen molar-refractivity contribution in [2.45, 2.75) is 6.92 Å². The number of ether oxygens (including phenoxy) is 2. The molecule has 0 bridgehead atoms. The van der Waals surface area contributed by atoms with Crippen LogP contribution >= 0.6 is 23.2 Å². The zero-order chi connectivity index (χ0) is 17.7. The highest BCUT2D eigenvalue weighted by Gasteiger charge is 2.11. The average Bonchev–Trinajstić information content (AvgIpc) is 2.57. The van der Waals surface area contributed by atoms with Crippen LogP contribution in [0.5, 0.6) is 11.5 Å². The maximum absolute atomic E-state index is 12.3. The van der Waals surface area contributed by atoms with E-state index < -0.39 is 0 Å². The van der Waals surface area contributed by atoms with E-state index in [1.807, 2.05) is 6.07 Å². The average molecular weight is 366 g/mol. The Bertz CT molecular complexity index is 768. The van der Waals surface area contributed by atoms with Crippen LogP contribution in [0.1, 0.15) is 12.5 Å². The van der Waals surface area contributed by atoms with Crippen LogP contribution in [0.25, 0.3) is 6.08 Å². The smallest absolute Gasteiger partial charge is 0.251 e. The van der Waals surface area contributed by atoms with E-state index in [0.29, 0.717) is 32.8 Å². The fraction of sp³-hybridized carbons (Fsp3) is 0.167. The van der Waals surface area contributed by atoms with Crippen LogP contribution in [0.3, 0.4) is 0 Å². The molecule has 0 saturated heterocycles. The maximum atomic E-state index is 12.3. The lowest BCUT2D eigenvalue weighted by atomic mass is 10.1. The van der Waals surface area contributed by atoms with Gasteiger partial charge in [-0.1, -0.05) is 35.3 Å². The lowest BCUT2D eigenvalue weighted by molar-refractivity contribution is -0.112. The number of nitrogens with one attached hydrogen (secondary N) is 1. The molecular weight excluding hydrogens is 349 g/mol. The van der Waals surface area contributed by atoms with Gasteiger partial charge in [-0.05, 0) is 42.8 Å². The van der Waals surface area contributed by atoms with Gasteiger partial charge >= 0.3 is 0 Å². The second kappa shape index (κ2) is 8.08. The van der Waals surface area contributed by atoms with E-state index in [-0.39, 0.29) is 5.91 Å². The van der Waals surface area contributed by atoms with Crippen molar-refractivity contribution in [2.24, 2.45) is 0 Å². The normalized spacial score (nSPS) is 11.1. The number of methoxy groups -OCH3 is 2. The third kappa shape index (κ3) is 4.22. The molecule has 24 heavy (non-hydrogen) atoms. The highest BCUT2D eigenvalue weighted by molar-refractivity contribution is 6.40. The summed E-state index contributed by atoms with van der Waals surface area (Å²) in [5.74, 6) is 0.924. The molecule has 0 spiro atoms. The molecule has 0 saturated carbocycles. The van der Waals surface area contributed by atoms with Crippen LogP contribution in [0.15, 0.2) is 42.0 Å². The Kier molecular flexibility index (Phi) is 6.12. The quantitative estimate of drug-likeness (QED) is 0.753. The molecule has 1 amide bonds. The molecule has 0 aliphatic rings. The highest BCUT2D eigenvalue weighted by Crippen LogP contribution is 2.31. The van der Waals surface area contributed by atoms with Crippen molar-refractivity contribution in [2.75, 3.05) is 19.5 Å². The Morgan fingerprint density at radius 3 is 2.25 bits per heavy atom. The van der Waals surface area contributed by atoms with Gasteiger partial charge in [0.25, 0.3) is 5.91 Å². The van der Waals surface area contributed by atoms with Gasteiger partial charge in [0, 0.05) is 5.57 Å². The summed E-state index contributed by atoms with van der Waals surface area (Å²) in [7, 11) is 3.13. The predicted molar refractivity (Wildman–Crippen MR) is 98.3 cm³/mol. The monoisotopic (exact) mass is 365 g/mol. The van der Waals surface area contributed by atoms with Gasteiger partial charge in [0.2, 0.25) is 0 Å². The van der Waals surface area contributed by atoms with Gasteiger partial charge in [-0.2, -0.15) is 0 Å². The Morgan fingerprint density at radius 1 is 1.04 bits per heavy atom. The van der Waals surface area contributed by atoms with Crippen molar-refractivity contribution in [1.29, 1.82) is 0 Å². The SMILES string of the molecule is COc1ccc(/C=C(\C)C(=O)Nc2c(Cl)cccc2Cl)cc1OC. The summed E-state index contributed by atoms with van der Waals surface area (Å²) in [6, 6.07) is 10.4. The molecule has 0 aliphatic heterocycles. The van der Waals surface area contributed by atoms with Gasteiger partial charge in [0.05, 0.1) is 30.0 Å². The molecule has 0 atom stereocenters. The van der Waals surface area contributed by atoms with Crippen LogP contribution in [-0.4, -0.2) is 20.1 Å². The summed E-state index contributed by atoms with van der Waals surface area (Å²) >= 11 is 12.1. The zero-order valence-corrected chi connectivity index (χ0v) is 15.0. The number of hydrogen-bond acceptors (Lipinski definition) is 3. The molecule has 0 radical (unpaired) electrons. The first kappa shape index (κ1) is 18.2. The molecule has 0 heterocycles. The van der Waals surface area contributed by atoms with E-state index in [2.05, 4.69) is 5.32 Å². The number of para-hydroxylation sites is 1. The van der Waals surface area contributed by atoms with Crippen molar-refractivity contribution in [3.63, 3.8) is 0 Å². The summed E-state index contributed by atoms with van der Waals surface area (Å²) in [4.78, 5) is 12.3. The van der Waals surface area contributed by atoms with Gasteiger partial charge in [0.15, 0.2) is 11.5 Å². The Labute approximate surface area is 151 Å². The number of hydrogen-bond donors (Lipinski definition) is 1. The third-order valence-corrected chi connectivity index (χ3v) is 3.98. The number of amides is 1. The minimum absolute atomic E-state index is 0.292. The van der Waals surface area contributed by atoms with Crippen LogP contribution in [0.2, 0.25) is 10.0 Å². The summed E-state index contributed by atoms with van der Waals surface area (Å²) in [5.41, 5.74) is 1.70. The fourth-order valence-corrected chi connectivity index (χ4v) is 2.58. The van der Waals surface area contributed by atoms with Crippen LogP contribution < -0.4 is 14.8 Å². The fourth-order valence-electron chi connectivity index (χ4n) is 2.09. The van der Waals surface area contributed by atoms with E-state index in [9.17, 15) is 4.79 Å². The second-order valence-electron chi connectivity index (χ2n) is 4.99. The van der Waals surface area contributed by atoms with Gasteiger partial charge < -0.3 is 14.8 Å². The van der Waals surface area contributed by atoms with Crippen LogP contribution in [0.4, 0.5) is 5.69 Å². The minimum Gasteiger partial charge on any atom is -0.493 e. The Hall–Kier alpha value is -2.17. The number of carbonyl (C=O) groups excluding carboxylic acids is 1. The number of carbonyl (C=O) groups is 1. The van der Waals surface area contributed by atoms with E-state index >= 15 is 0 Å². The maximum Gasteiger partial charge on any atom is 0.251 e. The Balaban J connectivity index is 2.23. The van der Waals surface area contributed by atoms with Crippen molar-refractivity contribution < 1.29 is 14.3 Å². The summed E-state index contributed by atoms with van der Waals surface area (Å²) in [6.45, 7) is 1.71. The van der Waals surface area contributed by atoms with E-state index in [0.717, 1.165) is 5.56 Å². The molecule has 4 nitrogen and oxygen atoms in total. The molecule has 1 N–H and O–H groups in total. The summed E-state index contributed by atoms with van der Waals surface area (Å²) in [5, 5.41) is 3.49. The number of halogens is 2. The molecule has 0 fully saturated rings. The largest absolute Gasteiger partial charge is 0.493 e. The van der Waals surface area contributed by atoms with Crippen LogP contribution in [-0.2, 0) is 4.79 Å². The molecule has 126 valence electrons. The molecular formula is C18H17Cl2NO3. The lowest BCUT2D eigenvalue weighted by Crippen LogP contribution is -2.13. The van der Waals surface area contributed by atoms with E-state index in [1.54, 1.807) is 57.6 Å². The first-order valence-electron chi connectivity index (χ1n) is 7.12. The third-order valence-electron chi connectivity index (χ3n) is 3.35. The van der Waals surface area contributed by atoms with Crippen molar-refractivity contribution >= 4 is 40.9 Å². The topological polar surface area (TPSA) is 47.6 Å². The summed E-state index contributed by atoms with van der Waals surface area (Å²) < 4.78 is 10.5. The number of rotatable bonds is 5. The van der Waals surface area contributed by atoms with Crippen molar-refractivity contribution in [3.8, 4) is 11.5 Å². The Morgan fingerprint density at radius 2 is 1.67 bits per heavy atom. The van der Waals surface area contributed by atoms with Crippen molar-refractivity contribution in [1.82, 2.24) is 0 Å². The number of benzene rings is 2. The predicted octanol–water partition coefficient (Wildman–Crippen LogP) is 5.05. The molecule has 6 heteroatoms. The standard InChI is InChI=1S/C18H17Cl2NO3/c1-11(9-12-7-8-15(23-2)16(10-12)24-3)18(22)21-17-13(19)5-4-6-14(17)20/h4-10H,1-3H3,(H,21,22)/b11-9+.